The summed E-state index contributed by atoms with van der Waals surface area (Å²) in [7, 11) is 1.50. The summed E-state index contributed by atoms with van der Waals surface area (Å²) < 4.78 is 24.7. The lowest BCUT2D eigenvalue weighted by Gasteiger charge is -2.07. The van der Waals surface area contributed by atoms with Crippen LogP contribution in [0.4, 0.5) is 0 Å². The van der Waals surface area contributed by atoms with Crippen molar-refractivity contribution in [3.05, 3.63) is 39.6 Å². The van der Waals surface area contributed by atoms with Crippen molar-refractivity contribution in [1.82, 2.24) is 14.8 Å². The van der Waals surface area contributed by atoms with Crippen LogP contribution in [0, 0.1) is 0 Å². The molecule has 0 aliphatic heterocycles. The summed E-state index contributed by atoms with van der Waals surface area (Å²) in [4.78, 5) is 0. The molecule has 1 aliphatic carbocycles. The normalized spacial score (nSPS) is 15.4. The third-order valence-electron chi connectivity index (χ3n) is 3.21. The number of benzene rings is 1. The first-order valence-corrected chi connectivity index (χ1v) is 9.25. The standard InChI is InChI=1S/C12H10Cl3N3O2S/c13-9-4-1-7(5-10(9)14)6-11-16-17-12(21(15,19)20)18(11)8-2-3-8/h1,4-5,8H,2-3,6H2. The SMILES string of the molecule is O=S(=O)(Cl)c1nnc(Cc2ccc(Cl)c(Cl)c2)n1C1CC1. The lowest BCUT2D eigenvalue weighted by molar-refractivity contribution is 0.571. The van der Waals surface area contributed by atoms with Gasteiger partial charge in [-0.25, -0.2) is 8.42 Å². The fourth-order valence-electron chi connectivity index (χ4n) is 2.13. The molecule has 1 saturated carbocycles. The van der Waals surface area contributed by atoms with Crippen LogP contribution < -0.4 is 0 Å². The van der Waals surface area contributed by atoms with E-state index in [1.165, 1.54) is 0 Å². The van der Waals surface area contributed by atoms with Gasteiger partial charge in [0.15, 0.2) is 0 Å². The Hall–Kier alpha value is -0.820. The van der Waals surface area contributed by atoms with Gasteiger partial charge in [-0.2, -0.15) is 0 Å². The summed E-state index contributed by atoms with van der Waals surface area (Å²) in [5.74, 6) is 0.551. The predicted molar refractivity (Wildman–Crippen MR) is 80.6 cm³/mol. The second-order valence-electron chi connectivity index (χ2n) is 4.86. The van der Waals surface area contributed by atoms with Gasteiger partial charge in [-0.1, -0.05) is 29.3 Å². The van der Waals surface area contributed by atoms with Gasteiger partial charge in [0, 0.05) is 23.1 Å². The van der Waals surface area contributed by atoms with Gasteiger partial charge in [0.2, 0.25) is 0 Å². The van der Waals surface area contributed by atoms with Crippen LogP contribution in [0.1, 0.15) is 30.3 Å². The Balaban J connectivity index is 1.99. The van der Waals surface area contributed by atoms with Crippen molar-refractivity contribution in [2.45, 2.75) is 30.5 Å². The monoisotopic (exact) mass is 365 g/mol. The topological polar surface area (TPSA) is 64.8 Å². The van der Waals surface area contributed by atoms with Gasteiger partial charge in [0.1, 0.15) is 5.82 Å². The van der Waals surface area contributed by atoms with Crippen LogP contribution in [0.15, 0.2) is 23.4 Å². The van der Waals surface area contributed by atoms with Crippen LogP contribution >= 0.6 is 33.9 Å². The molecular weight excluding hydrogens is 357 g/mol. The van der Waals surface area contributed by atoms with E-state index in [2.05, 4.69) is 10.2 Å². The van der Waals surface area contributed by atoms with E-state index in [1.54, 1.807) is 16.7 Å². The second-order valence-corrected chi connectivity index (χ2v) is 8.14. The van der Waals surface area contributed by atoms with E-state index in [0.717, 1.165) is 18.4 Å². The summed E-state index contributed by atoms with van der Waals surface area (Å²) >= 11 is 11.9. The second kappa shape index (κ2) is 5.43. The molecule has 0 bridgehead atoms. The molecule has 0 atom stereocenters. The van der Waals surface area contributed by atoms with E-state index in [9.17, 15) is 8.42 Å². The number of halogens is 3. The van der Waals surface area contributed by atoms with E-state index >= 15 is 0 Å². The molecule has 21 heavy (non-hydrogen) atoms. The molecule has 1 fully saturated rings. The van der Waals surface area contributed by atoms with E-state index in [4.69, 9.17) is 33.9 Å². The molecule has 0 unspecified atom stereocenters. The van der Waals surface area contributed by atoms with Gasteiger partial charge in [0.25, 0.3) is 14.2 Å². The van der Waals surface area contributed by atoms with E-state index in [-0.39, 0.29) is 11.2 Å². The lowest BCUT2D eigenvalue weighted by Crippen LogP contribution is -2.08. The summed E-state index contributed by atoms with van der Waals surface area (Å²) in [6, 6.07) is 5.33. The Morgan fingerprint density at radius 2 is 1.90 bits per heavy atom. The Morgan fingerprint density at radius 1 is 1.19 bits per heavy atom. The van der Waals surface area contributed by atoms with Crippen molar-refractivity contribution >= 4 is 42.9 Å². The number of hydrogen-bond donors (Lipinski definition) is 0. The highest BCUT2D eigenvalue weighted by molar-refractivity contribution is 8.13. The molecule has 112 valence electrons. The highest BCUT2D eigenvalue weighted by Gasteiger charge is 2.33. The summed E-state index contributed by atoms with van der Waals surface area (Å²) in [5.41, 5.74) is 0.872. The maximum absolute atomic E-state index is 11.6. The highest BCUT2D eigenvalue weighted by Crippen LogP contribution is 2.38. The van der Waals surface area contributed by atoms with Crippen molar-refractivity contribution in [1.29, 1.82) is 0 Å². The molecule has 1 aromatic carbocycles. The van der Waals surface area contributed by atoms with Crippen molar-refractivity contribution in [3.63, 3.8) is 0 Å². The predicted octanol–water partition coefficient (Wildman–Crippen LogP) is 3.44. The largest absolute Gasteiger partial charge is 0.297 e. The van der Waals surface area contributed by atoms with Crippen molar-refractivity contribution in [2.24, 2.45) is 0 Å². The van der Waals surface area contributed by atoms with Crippen molar-refractivity contribution < 1.29 is 8.42 Å². The third kappa shape index (κ3) is 3.18. The number of aromatic nitrogens is 3. The first kappa shape index (κ1) is 15.1. The Bertz CT molecular complexity index is 800. The smallest absolute Gasteiger partial charge is 0.296 e. The Labute approximate surface area is 136 Å². The number of rotatable bonds is 4. The molecule has 0 spiro atoms. The fourth-order valence-corrected chi connectivity index (χ4v) is 3.39. The van der Waals surface area contributed by atoms with Crippen LogP contribution in [0.25, 0.3) is 0 Å². The Morgan fingerprint density at radius 3 is 2.48 bits per heavy atom. The maximum atomic E-state index is 11.6. The zero-order valence-corrected chi connectivity index (χ0v) is 13.7. The van der Waals surface area contributed by atoms with Crippen LogP contribution in [-0.2, 0) is 15.5 Å². The maximum Gasteiger partial charge on any atom is 0.296 e. The highest BCUT2D eigenvalue weighted by atomic mass is 35.7. The number of hydrogen-bond acceptors (Lipinski definition) is 4. The molecule has 1 aromatic heterocycles. The molecule has 0 radical (unpaired) electrons. The van der Waals surface area contributed by atoms with E-state index < -0.39 is 9.05 Å². The Kier molecular flexibility index (Phi) is 3.90. The molecule has 0 N–H and O–H groups in total. The van der Waals surface area contributed by atoms with Crippen LogP contribution in [0.2, 0.25) is 10.0 Å². The minimum atomic E-state index is -3.91. The molecule has 0 saturated heterocycles. The van der Waals surface area contributed by atoms with Gasteiger partial charge in [-0.05, 0) is 30.5 Å². The number of nitrogens with zero attached hydrogens (tertiary/aromatic N) is 3. The first-order chi connectivity index (χ1) is 9.86. The zero-order chi connectivity index (χ0) is 15.2. The average Bonchev–Trinajstić information content (AvgIpc) is 3.14. The van der Waals surface area contributed by atoms with Crippen LogP contribution in [0.5, 0.6) is 0 Å². The fraction of sp³-hybridized carbons (Fsp3) is 0.333. The summed E-state index contributed by atoms with van der Waals surface area (Å²) in [6.07, 6.45) is 2.20. The van der Waals surface area contributed by atoms with E-state index in [0.29, 0.717) is 22.3 Å². The summed E-state index contributed by atoms with van der Waals surface area (Å²) in [6.45, 7) is 0. The quantitative estimate of drug-likeness (QED) is 0.778. The van der Waals surface area contributed by atoms with Crippen LogP contribution in [0.3, 0.4) is 0 Å². The molecule has 3 rings (SSSR count). The van der Waals surface area contributed by atoms with Gasteiger partial charge >= 0.3 is 0 Å². The molecule has 1 aliphatic rings. The molecule has 1 heterocycles. The minimum Gasteiger partial charge on any atom is -0.297 e. The molecule has 0 amide bonds. The molecule has 9 heteroatoms. The summed E-state index contributed by atoms with van der Waals surface area (Å²) in [5, 5.41) is 8.40. The van der Waals surface area contributed by atoms with E-state index in [1.807, 2.05) is 6.07 Å². The van der Waals surface area contributed by atoms with Crippen molar-refractivity contribution in [3.8, 4) is 0 Å². The van der Waals surface area contributed by atoms with Gasteiger partial charge in [-0.15, -0.1) is 10.2 Å². The molecule has 2 aromatic rings. The first-order valence-electron chi connectivity index (χ1n) is 6.18. The third-order valence-corrected chi connectivity index (χ3v) is 5.08. The van der Waals surface area contributed by atoms with Gasteiger partial charge < -0.3 is 0 Å². The van der Waals surface area contributed by atoms with Crippen LogP contribution in [-0.4, -0.2) is 23.2 Å². The molecule has 5 nitrogen and oxygen atoms in total. The van der Waals surface area contributed by atoms with Gasteiger partial charge in [-0.3, -0.25) is 4.57 Å². The van der Waals surface area contributed by atoms with Crippen molar-refractivity contribution in [2.75, 3.05) is 0 Å². The molecular formula is C12H10Cl3N3O2S. The average molecular weight is 367 g/mol. The lowest BCUT2D eigenvalue weighted by atomic mass is 10.1. The zero-order valence-electron chi connectivity index (χ0n) is 10.6. The minimum absolute atomic E-state index is 0.0984. The van der Waals surface area contributed by atoms with Gasteiger partial charge in [0.05, 0.1) is 10.0 Å².